The zero-order valence-corrected chi connectivity index (χ0v) is 8.57. The standard InChI is InChI=1S/C10H12Cl2/c1-2-5-9(11)8-6-3-4-7-10(8)12/h3-4,6-7,9H,2,5H2,1H3. The van der Waals surface area contributed by atoms with Gasteiger partial charge in [0.1, 0.15) is 0 Å². The van der Waals surface area contributed by atoms with Gasteiger partial charge in [0, 0.05) is 5.02 Å². The number of benzene rings is 1. The molecule has 0 spiro atoms. The van der Waals surface area contributed by atoms with Crippen molar-refractivity contribution in [2.24, 2.45) is 0 Å². The Bertz CT molecular complexity index is 245. The van der Waals surface area contributed by atoms with Gasteiger partial charge < -0.3 is 0 Å². The van der Waals surface area contributed by atoms with Gasteiger partial charge in [-0.05, 0) is 18.1 Å². The third-order valence-electron chi connectivity index (χ3n) is 1.78. The topological polar surface area (TPSA) is 0 Å². The molecule has 0 bridgehead atoms. The summed E-state index contributed by atoms with van der Waals surface area (Å²) in [6, 6.07) is 7.74. The Kier molecular flexibility index (Phi) is 3.90. The Hall–Kier alpha value is -0.200. The molecule has 2 heteroatoms. The smallest absolute Gasteiger partial charge is 0.0599 e. The van der Waals surface area contributed by atoms with Crippen LogP contribution in [0.25, 0.3) is 0 Å². The minimum absolute atomic E-state index is 0.0590. The summed E-state index contributed by atoms with van der Waals surface area (Å²) in [6.45, 7) is 2.12. The van der Waals surface area contributed by atoms with Crippen LogP contribution in [0.4, 0.5) is 0 Å². The van der Waals surface area contributed by atoms with Crippen LogP contribution < -0.4 is 0 Å². The Balaban J connectivity index is 2.79. The number of rotatable bonds is 3. The first-order valence-electron chi connectivity index (χ1n) is 4.14. The first-order valence-corrected chi connectivity index (χ1v) is 4.95. The van der Waals surface area contributed by atoms with E-state index in [0.717, 1.165) is 23.4 Å². The van der Waals surface area contributed by atoms with E-state index in [1.54, 1.807) is 0 Å². The van der Waals surface area contributed by atoms with Gasteiger partial charge in [0.2, 0.25) is 0 Å². The second kappa shape index (κ2) is 4.74. The predicted octanol–water partition coefficient (Wildman–Crippen LogP) is 4.42. The Labute approximate surface area is 83.5 Å². The maximum Gasteiger partial charge on any atom is 0.0599 e. The molecule has 0 aliphatic rings. The summed E-state index contributed by atoms with van der Waals surface area (Å²) in [4.78, 5) is 0. The zero-order valence-electron chi connectivity index (χ0n) is 7.06. The highest BCUT2D eigenvalue weighted by atomic mass is 35.5. The van der Waals surface area contributed by atoms with Crippen molar-refractivity contribution in [3.8, 4) is 0 Å². The normalized spacial score (nSPS) is 12.9. The van der Waals surface area contributed by atoms with E-state index in [4.69, 9.17) is 23.2 Å². The van der Waals surface area contributed by atoms with Crippen LogP contribution in [0.5, 0.6) is 0 Å². The number of halogens is 2. The van der Waals surface area contributed by atoms with Crippen molar-refractivity contribution >= 4 is 23.2 Å². The molecule has 1 unspecified atom stereocenters. The van der Waals surface area contributed by atoms with Gasteiger partial charge in [-0.2, -0.15) is 0 Å². The van der Waals surface area contributed by atoms with Gasteiger partial charge in [-0.15, -0.1) is 11.6 Å². The maximum atomic E-state index is 6.13. The molecule has 0 fully saturated rings. The molecule has 12 heavy (non-hydrogen) atoms. The summed E-state index contributed by atoms with van der Waals surface area (Å²) in [5.74, 6) is 0. The van der Waals surface area contributed by atoms with Crippen molar-refractivity contribution in [1.82, 2.24) is 0 Å². The van der Waals surface area contributed by atoms with Crippen molar-refractivity contribution < 1.29 is 0 Å². The fraction of sp³-hybridized carbons (Fsp3) is 0.400. The molecular formula is C10H12Cl2. The summed E-state index contributed by atoms with van der Waals surface area (Å²) in [5.41, 5.74) is 1.04. The quantitative estimate of drug-likeness (QED) is 0.638. The average Bonchev–Trinajstić information content (AvgIpc) is 2.05. The molecule has 0 aliphatic heterocycles. The van der Waals surface area contributed by atoms with Crippen molar-refractivity contribution in [2.45, 2.75) is 25.1 Å². The van der Waals surface area contributed by atoms with Crippen molar-refractivity contribution in [3.05, 3.63) is 34.9 Å². The van der Waals surface area contributed by atoms with E-state index in [9.17, 15) is 0 Å². The predicted molar refractivity (Wildman–Crippen MR) is 55.0 cm³/mol. The molecule has 0 aliphatic carbocycles. The Morgan fingerprint density at radius 2 is 2.00 bits per heavy atom. The molecule has 0 aromatic heterocycles. The molecule has 0 nitrogen and oxygen atoms in total. The lowest BCUT2D eigenvalue weighted by atomic mass is 10.1. The minimum Gasteiger partial charge on any atom is -0.118 e. The molecule has 66 valence electrons. The van der Waals surface area contributed by atoms with Crippen molar-refractivity contribution in [1.29, 1.82) is 0 Å². The van der Waals surface area contributed by atoms with Crippen LogP contribution in [0.15, 0.2) is 24.3 Å². The lowest BCUT2D eigenvalue weighted by Gasteiger charge is -2.09. The maximum absolute atomic E-state index is 6.13. The highest BCUT2D eigenvalue weighted by Crippen LogP contribution is 2.30. The van der Waals surface area contributed by atoms with Crippen LogP contribution in [0, 0.1) is 0 Å². The van der Waals surface area contributed by atoms with E-state index in [1.165, 1.54) is 0 Å². The van der Waals surface area contributed by atoms with E-state index in [-0.39, 0.29) is 5.38 Å². The second-order valence-corrected chi connectivity index (χ2v) is 3.71. The lowest BCUT2D eigenvalue weighted by molar-refractivity contribution is 0.770. The molecule has 0 N–H and O–H groups in total. The third kappa shape index (κ3) is 2.40. The molecule has 0 amide bonds. The van der Waals surface area contributed by atoms with Gasteiger partial charge in [0.15, 0.2) is 0 Å². The van der Waals surface area contributed by atoms with Crippen molar-refractivity contribution in [3.63, 3.8) is 0 Å². The second-order valence-electron chi connectivity index (χ2n) is 2.78. The molecular weight excluding hydrogens is 191 g/mol. The summed E-state index contributed by atoms with van der Waals surface area (Å²) in [5, 5.41) is 0.828. The van der Waals surface area contributed by atoms with Gasteiger partial charge >= 0.3 is 0 Å². The average molecular weight is 203 g/mol. The van der Waals surface area contributed by atoms with E-state index in [1.807, 2.05) is 24.3 Å². The van der Waals surface area contributed by atoms with Crippen LogP contribution in [0.1, 0.15) is 30.7 Å². The van der Waals surface area contributed by atoms with E-state index < -0.39 is 0 Å². The SMILES string of the molecule is CCCC(Cl)c1ccccc1Cl. The van der Waals surface area contributed by atoms with Gasteiger partial charge in [0.25, 0.3) is 0 Å². The Morgan fingerprint density at radius 3 is 2.58 bits per heavy atom. The van der Waals surface area contributed by atoms with Crippen LogP contribution in [-0.2, 0) is 0 Å². The van der Waals surface area contributed by atoms with Crippen LogP contribution in [-0.4, -0.2) is 0 Å². The molecule has 1 rings (SSSR count). The largest absolute Gasteiger partial charge is 0.118 e. The molecule has 0 radical (unpaired) electrons. The molecule has 0 saturated carbocycles. The van der Waals surface area contributed by atoms with Crippen LogP contribution >= 0.6 is 23.2 Å². The molecule has 0 saturated heterocycles. The zero-order chi connectivity index (χ0) is 8.97. The lowest BCUT2D eigenvalue weighted by Crippen LogP contribution is -1.90. The van der Waals surface area contributed by atoms with Gasteiger partial charge in [-0.3, -0.25) is 0 Å². The fourth-order valence-corrected chi connectivity index (χ4v) is 1.87. The summed E-state index contributed by atoms with van der Waals surface area (Å²) in [7, 11) is 0. The molecule has 1 aromatic carbocycles. The Morgan fingerprint density at radius 1 is 1.33 bits per heavy atom. The molecule has 1 aromatic rings. The van der Waals surface area contributed by atoms with Gasteiger partial charge in [-0.1, -0.05) is 43.1 Å². The summed E-state index contributed by atoms with van der Waals surface area (Å²) >= 11 is 12.1. The first kappa shape index (κ1) is 9.88. The first-order chi connectivity index (χ1) is 5.75. The van der Waals surface area contributed by atoms with Gasteiger partial charge in [-0.25, -0.2) is 0 Å². The van der Waals surface area contributed by atoms with Crippen molar-refractivity contribution in [2.75, 3.05) is 0 Å². The number of hydrogen-bond acceptors (Lipinski definition) is 0. The minimum atomic E-state index is 0.0590. The highest BCUT2D eigenvalue weighted by molar-refractivity contribution is 6.32. The van der Waals surface area contributed by atoms with Crippen LogP contribution in [0.2, 0.25) is 5.02 Å². The van der Waals surface area contributed by atoms with Crippen LogP contribution in [0.3, 0.4) is 0 Å². The number of alkyl halides is 1. The van der Waals surface area contributed by atoms with Gasteiger partial charge in [0.05, 0.1) is 5.38 Å². The summed E-state index contributed by atoms with van der Waals surface area (Å²) < 4.78 is 0. The summed E-state index contributed by atoms with van der Waals surface area (Å²) in [6.07, 6.45) is 2.06. The molecule has 1 atom stereocenters. The number of hydrogen-bond donors (Lipinski definition) is 0. The highest BCUT2D eigenvalue weighted by Gasteiger charge is 2.08. The molecule has 0 heterocycles. The third-order valence-corrected chi connectivity index (χ3v) is 2.58. The van der Waals surface area contributed by atoms with E-state index in [2.05, 4.69) is 6.92 Å². The van der Waals surface area contributed by atoms with E-state index in [0.29, 0.717) is 0 Å². The fourth-order valence-electron chi connectivity index (χ4n) is 1.14. The monoisotopic (exact) mass is 202 g/mol. The van der Waals surface area contributed by atoms with E-state index >= 15 is 0 Å².